The molecule has 0 amide bonds. The molecule has 7 heteroatoms. The lowest BCUT2D eigenvalue weighted by atomic mass is 10.2. The number of aromatic nitrogens is 4. The predicted octanol–water partition coefficient (Wildman–Crippen LogP) is 2.72. The van der Waals surface area contributed by atoms with Crippen molar-refractivity contribution in [2.45, 2.75) is 30.7 Å². The van der Waals surface area contributed by atoms with Crippen LogP contribution in [0.25, 0.3) is 10.9 Å². The third-order valence-electron chi connectivity index (χ3n) is 2.90. The van der Waals surface area contributed by atoms with Crippen LogP contribution in [0.3, 0.4) is 0 Å². The second kappa shape index (κ2) is 5.69. The highest BCUT2D eigenvalue weighted by atomic mass is 32.2. The number of aromatic amines is 1. The highest BCUT2D eigenvalue weighted by Crippen LogP contribution is 2.20. The first-order chi connectivity index (χ1) is 10.1. The van der Waals surface area contributed by atoms with E-state index in [4.69, 9.17) is 4.42 Å². The Morgan fingerprint density at radius 3 is 2.86 bits per heavy atom. The molecular formula is C14H14N4O2S. The van der Waals surface area contributed by atoms with E-state index in [-0.39, 0.29) is 11.5 Å². The first kappa shape index (κ1) is 13.8. The van der Waals surface area contributed by atoms with E-state index in [2.05, 4.69) is 20.2 Å². The SMILES string of the molecule is CC(C)c1nnc(CSc2nc3ccccc3c(=O)[nH]2)o1. The topological polar surface area (TPSA) is 84.7 Å². The van der Waals surface area contributed by atoms with Crippen LogP contribution in [-0.2, 0) is 5.75 Å². The molecule has 0 radical (unpaired) electrons. The van der Waals surface area contributed by atoms with Crippen LogP contribution < -0.4 is 5.56 Å². The lowest BCUT2D eigenvalue weighted by molar-refractivity contribution is 0.445. The Morgan fingerprint density at radius 1 is 1.29 bits per heavy atom. The van der Waals surface area contributed by atoms with E-state index in [1.807, 2.05) is 32.0 Å². The minimum Gasteiger partial charge on any atom is -0.424 e. The van der Waals surface area contributed by atoms with Crippen molar-refractivity contribution in [2.75, 3.05) is 0 Å². The third kappa shape index (κ3) is 2.97. The molecule has 0 saturated heterocycles. The molecule has 108 valence electrons. The van der Waals surface area contributed by atoms with Crippen LogP contribution in [0.1, 0.15) is 31.5 Å². The lowest BCUT2D eigenvalue weighted by Gasteiger charge is -2.00. The standard InChI is InChI=1S/C14H14N4O2S/c1-8(2)13-18-17-11(20-13)7-21-14-15-10-6-4-3-5-9(10)12(19)16-14/h3-6,8H,7H2,1-2H3,(H,15,16,19). The zero-order valence-electron chi connectivity index (χ0n) is 11.7. The van der Waals surface area contributed by atoms with Gasteiger partial charge in [-0.1, -0.05) is 37.7 Å². The van der Waals surface area contributed by atoms with E-state index in [9.17, 15) is 4.79 Å². The Morgan fingerprint density at radius 2 is 2.10 bits per heavy atom. The van der Waals surface area contributed by atoms with Gasteiger partial charge in [-0.05, 0) is 12.1 Å². The van der Waals surface area contributed by atoms with Crippen LogP contribution in [0, 0.1) is 0 Å². The summed E-state index contributed by atoms with van der Waals surface area (Å²) in [6.45, 7) is 3.99. The second-order valence-corrected chi connectivity index (χ2v) is 5.83. The monoisotopic (exact) mass is 302 g/mol. The molecule has 0 atom stereocenters. The van der Waals surface area contributed by atoms with Crippen molar-refractivity contribution >= 4 is 22.7 Å². The molecule has 0 spiro atoms. The normalized spacial score (nSPS) is 11.4. The molecule has 0 aliphatic rings. The number of fused-ring (bicyclic) bond motifs is 1. The lowest BCUT2D eigenvalue weighted by Crippen LogP contribution is -2.08. The molecule has 1 N–H and O–H groups in total. The number of benzene rings is 1. The fourth-order valence-electron chi connectivity index (χ4n) is 1.82. The highest BCUT2D eigenvalue weighted by molar-refractivity contribution is 7.98. The van der Waals surface area contributed by atoms with Gasteiger partial charge in [-0.2, -0.15) is 0 Å². The summed E-state index contributed by atoms with van der Waals surface area (Å²) in [4.78, 5) is 19.1. The van der Waals surface area contributed by atoms with Crippen LogP contribution in [0.15, 0.2) is 38.6 Å². The first-order valence-corrected chi connectivity index (χ1v) is 7.56. The van der Waals surface area contributed by atoms with Gasteiger partial charge in [-0.25, -0.2) is 4.98 Å². The Kier molecular flexibility index (Phi) is 3.74. The first-order valence-electron chi connectivity index (χ1n) is 6.57. The molecule has 0 bridgehead atoms. The van der Waals surface area contributed by atoms with Gasteiger partial charge in [0.15, 0.2) is 5.16 Å². The minimum absolute atomic E-state index is 0.142. The van der Waals surface area contributed by atoms with E-state index < -0.39 is 0 Å². The molecule has 0 fully saturated rings. The van der Waals surface area contributed by atoms with Crippen molar-refractivity contribution in [3.05, 3.63) is 46.4 Å². The number of rotatable bonds is 4. The van der Waals surface area contributed by atoms with Crippen LogP contribution in [0.4, 0.5) is 0 Å². The molecule has 0 unspecified atom stereocenters. The van der Waals surface area contributed by atoms with Gasteiger partial charge in [0.2, 0.25) is 11.8 Å². The highest BCUT2D eigenvalue weighted by Gasteiger charge is 2.11. The molecule has 2 heterocycles. The molecule has 0 aliphatic carbocycles. The smallest absolute Gasteiger partial charge is 0.259 e. The number of hydrogen-bond donors (Lipinski definition) is 1. The number of nitrogens with zero attached hydrogens (tertiary/aromatic N) is 3. The zero-order chi connectivity index (χ0) is 14.8. The van der Waals surface area contributed by atoms with Crippen molar-refractivity contribution in [3.63, 3.8) is 0 Å². The van der Waals surface area contributed by atoms with Gasteiger partial charge >= 0.3 is 0 Å². The molecule has 21 heavy (non-hydrogen) atoms. The summed E-state index contributed by atoms with van der Waals surface area (Å²) in [5.41, 5.74) is 0.536. The quantitative estimate of drug-likeness (QED) is 0.589. The average Bonchev–Trinajstić information content (AvgIpc) is 2.94. The summed E-state index contributed by atoms with van der Waals surface area (Å²) < 4.78 is 5.52. The van der Waals surface area contributed by atoms with Crippen LogP contribution >= 0.6 is 11.8 Å². The largest absolute Gasteiger partial charge is 0.424 e. The van der Waals surface area contributed by atoms with E-state index in [1.165, 1.54) is 11.8 Å². The average molecular weight is 302 g/mol. The maximum absolute atomic E-state index is 11.9. The Balaban J connectivity index is 1.80. The number of nitrogens with one attached hydrogen (secondary N) is 1. The zero-order valence-corrected chi connectivity index (χ0v) is 12.5. The summed E-state index contributed by atoms with van der Waals surface area (Å²) in [7, 11) is 0. The second-order valence-electron chi connectivity index (χ2n) is 4.87. The number of para-hydroxylation sites is 1. The summed E-state index contributed by atoms with van der Waals surface area (Å²) in [5.74, 6) is 1.82. The van der Waals surface area contributed by atoms with Crippen molar-refractivity contribution in [1.29, 1.82) is 0 Å². The molecule has 3 aromatic rings. The number of thioether (sulfide) groups is 1. The van der Waals surface area contributed by atoms with Gasteiger partial charge in [0.25, 0.3) is 5.56 Å². The van der Waals surface area contributed by atoms with Gasteiger partial charge in [0.05, 0.1) is 16.7 Å². The molecule has 2 aromatic heterocycles. The fourth-order valence-corrected chi connectivity index (χ4v) is 2.53. The summed E-state index contributed by atoms with van der Waals surface area (Å²) >= 11 is 1.36. The van der Waals surface area contributed by atoms with E-state index >= 15 is 0 Å². The number of hydrogen-bond acceptors (Lipinski definition) is 6. The van der Waals surface area contributed by atoms with Crippen LogP contribution in [0.5, 0.6) is 0 Å². The van der Waals surface area contributed by atoms with Crippen LogP contribution in [-0.4, -0.2) is 20.2 Å². The van der Waals surface area contributed by atoms with Crippen molar-refractivity contribution in [3.8, 4) is 0 Å². The molecule has 3 rings (SSSR count). The maximum Gasteiger partial charge on any atom is 0.259 e. The molecule has 6 nitrogen and oxygen atoms in total. The van der Waals surface area contributed by atoms with E-state index in [1.54, 1.807) is 6.07 Å². The van der Waals surface area contributed by atoms with Gasteiger partial charge in [0, 0.05) is 5.92 Å². The molecular weight excluding hydrogens is 288 g/mol. The summed E-state index contributed by atoms with van der Waals surface area (Å²) in [5, 5.41) is 9.08. The van der Waals surface area contributed by atoms with Crippen molar-refractivity contribution < 1.29 is 4.42 Å². The van der Waals surface area contributed by atoms with Crippen molar-refractivity contribution in [2.24, 2.45) is 0 Å². The van der Waals surface area contributed by atoms with Gasteiger partial charge in [-0.3, -0.25) is 4.79 Å². The minimum atomic E-state index is -0.142. The number of H-pyrrole nitrogens is 1. The summed E-state index contributed by atoms with van der Waals surface area (Å²) in [6.07, 6.45) is 0. The van der Waals surface area contributed by atoms with E-state index in [0.29, 0.717) is 33.6 Å². The van der Waals surface area contributed by atoms with Crippen molar-refractivity contribution in [1.82, 2.24) is 20.2 Å². The Bertz CT molecular complexity index is 825. The molecule has 0 saturated carbocycles. The molecule has 0 aliphatic heterocycles. The predicted molar refractivity (Wildman–Crippen MR) is 80.3 cm³/mol. The third-order valence-corrected chi connectivity index (χ3v) is 3.76. The molecule has 1 aromatic carbocycles. The van der Waals surface area contributed by atoms with Crippen LogP contribution in [0.2, 0.25) is 0 Å². The maximum atomic E-state index is 11.9. The van der Waals surface area contributed by atoms with Gasteiger partial charge in [0.1, 0.15) is 0 Å². The Labute approximate surface area is 125 Å². The summed E-state index contributed by atoms with van der Waals surface area (Å²) in [6, 6.07) is 7.24. The van der Waals surface area contributed by atoms with Gasteiger partial charge < -0.3 is 9.40 Å². The fraction of sp³-hybridized carbons (Fsp3) is 0.286. The van der Waals surface area contributed by atoms with E-state index in [0.717, 1.165) is 0 Å². The van der Waals surface area contributed by atoms with Gasteiger partial charge in [-0.15, -0.1) is 10.2 Å². The Hall–Kier alpha value is -2.15.